The van der Waals surface area contributed by atoms with E-state index in [1.807, 2.05) is 6.07 Å². The van der Waals surface area contributed by atoms with Gasteiger partial charge in [-0.3, -0.25) is 0 Å². The predicted molar refractivity (Wildman–Crippen MR) is 91.3 cm³/mol. The zero-order valence-corrected chi connectivity index (χ0v) is 14.7. The molecule has 0 unspecified atom stereocenters. The Morgan fingerprint density at radius 3 is 2.58 bits per heavy atom. The van der Waals surface area contributed by atoms with E-state index in [0.717, 1.165) is 47.8 Å². The second-order valence-electron chi connectivity index (χ2n) is 5.67. The molecule has 0 radical (unpaired) electrons. The van der Waals surface area contributed by atoms with E-state index in [9.17, 15) is 0 Å². The lowest BCUT2D eigenvalue weighted by Gasteiger charge is -2.30. The van der Waals surface area contributed by atoms with Gasteiger partial charge in [0.15, 0.2) is 11.5 Å². The second kappa shape index (κ2) is 6.31. The summed E-state index contributed by atoms with van der Waals surface area (Å²) in [7, 11) is 1.61. The van der Waals surface area contributed by atoms with Crippen molar-refractivity contribution in [2.45, 2.75) is 18.8 Å². The van der Waals surface area contributed by atoms with Gasteiger partial charge in [-0.15, -0.1) is 15.3 Å². The van der Waals surface area contributed by atoms with Crippen LogP contribution in [-0.4, -0.2) is 50.0 Å². The zero-order chi connectivity index (χ0) is 16.5. The highest BCUT2D eigenvalue weighted by Crippen LogP contribution is 2.28. The van der Waals surface area contributed by atoms with Crippen molar-refractivity contribution in [3.05, 3.63) is 34.8 Å². The molecule has 3 aromatic heterocycles. The van der Waals surface area contributed by atoms with E-state index in [0.29, 0.717) is 11.8 Å². The van der Waals surface area contributed by atoms with Crippen LogP contribution in [-0.2, 0) is 0 Å². The lowest BCUT2D eigenvalue weighted by molar-refractivity contribution is 0.386. The third kappa shape index (κ3) is 2.79. The van der Waals surface area contributed by atoms with E-state index in [-0.39, 0.29) is 0 Å². The van der Waals surface area contributed by atoms with E-state index < -0.39 is 0 Å². The van der Waals surface area contributed by atoms with E-state index in [1.165, 1.54) is 0 Å². The fraction of sp³-hybridized carbons (Fsp3) is 0.400. The molecule has 8 nitrogen and oxygen atoms in total. The van der Waals surface area contributed by atoms with Gasteiger partial charge in [-0.1, -0.05) is 0 Å². The Bertz CT molecular complexity index is 843. The second-order valence-corrected chi connectivity index (χ2v) is 6.58. The van der Waals surface area contributed by atoms with Crippen molar-refractivity contribution < 1.29 is 4.74 Å². The Morgan fingerprint density at radius 1 is 1.12 bits per heavy atom. The predicted octanol–water partition coefficient (Wildman–Crippen LogP) is 2.07. The number of fused-ring (bicyclic) bond motifs is 1. The van der Waals surface area contributed by atoms with Gasteiger partial charge < -0.3 is 9.64 Å². The van der Waals surface area contributed by atoms with Gasteiger partial charge in [-0.2, -0.15) is 4.52 Å². The number of hydrogen-bond donors (Lipinski definition) is 0. The molecule has 0 amide bonds. The molecule has 0 aliphatic carbocycles. The fourth-order valence-corrected chi connectivity index (χ4v) is 3.16. The van der Waals surface area contributed by atoms with Gasteiger partial charge in [0, 0.05) is 37.5 Å². The van der Waals surface area contributed by atoms with Crippen molar-refractivity contribution in [1.29, 1.82) is 0 Å². The van der Waals surface area contributed by atoms with Gasteiger partial charge in [-0.05, 0) is 34.8 Å². The van der Waals surface area contributed by atoms with E-state index in [1.54, 1.807) is 30.1 Å². The third-order valence-electron chi connectivity index (χ3n) is 4.22. The number of aromatic nitrogens is 6. The molecule has 124 valence electrons. The molecule has 1 aliphatic heterocycles. The average Bonchev–Trinajstić information content (AvgIpc) is 3.05. The van der Waals surface area contributed by atoms with Gasteiger partial charge in [0.25, 0.3) is 0 Å². The molecule has 3 aromatic rings. The Kier molecular flexibility index (Phi) is 4.01. The summed E-state index contributed by atoms with van der Waals surface area (Å²) >= 11 is 3.36. The maximum absolute atomic E-state index is 5.20. The normalized spacial score (nSPS) is 15.8. The molecular weight excluding hydrogens is 374 g/mol. The van der Waals surface area contributed by atoms with Crippen LogP contribution in [0.15, 0.2) is 29.0 Å². The number of rotatable bonds is 3. The zero-order valence-electron chi connectivity index (χ0n) is 13.1. The highest BCUT2D eigenvalue weighted by Gasteiger charge is 2.26. The van der Waals surface area contributed by atoms with Crippen molar-refractivity contribution in [3.63, 3.8) is 0 Å². The van der Waals surface area contributed by atoms with Gasteiger partial charge in [0.2, 0.25) is 11.8 Å². The van der Waals surface area contributed by atoms with E-state index >= 15 is 0 Å². The molecule has 0 bridgehead atoms. The SMILES string of the molecule is COc1ccc2nnc(C3CCN(c4ncc(Br)cn4)CC3)n2n1. The molecule has 0 N–H and O–H groups in total. The first-order valence-corrected chi connectivity index (χ1v) is 8.53. The summed E-state index contributed by atoms with van der Waals surface area (Å²) in [5.74, 6) is 2.53. The number of hydrogen-bond acceptors (Lipinski definition) is 7. The first-order chi connectivity index (χ1) is 11.7. The number of methoxy groups -OCH3 is 1. The van der Waals surface area contributed by atoms with E-state index in [4.69, 9.17) is 4.74 Å². The van der Waals surface area contributed by atoms with Crippen molar-refractivity contribution >= 4 is 27.5 Å². The van der Waals surface area contributed by atoms with Crippen LogP contribution in [0.3, 0.4) is 0 Å². The Balaban J connectivity index is 1.52. The molecule has 4 rings (SSSR count). The van der Waals surface area contributed by atoms with Crippen LogP contribution >= 0.6 is 15.9 Å². The molecular formula is C15H16BrN7O. The summed E-state index contributed by atoms with van der Waals surface area (Å²) in [6.07, 6.45) is 5.46. The lowest BCUT2D eigenvalue weighted by atomic mass is 9.96. The van der Waals surface area contributed by atoms with Gasteiger partial charge >= 0.3 is 0 Å². The number of anilines is 1. The average molecular weight is 390 g/mol. The van der Waals surface area contributed by atoms with Crippen LogP contribution in [0.5, 0.6) is 5.88 Å². The molecule has 1 saturated heterocycles. The quantitative estimate of drug-likeness (QED) is 0.677. The molecule has 0 spiro atoms. The van der Waals surface area contributed by atoms with Crippen molar-refractivity contribution in [2.24, 2.45) is 0 Å². The molecule has 4 heterocycles. The fourth-order valence-electron chi connectivity index (χ4n) is 2.96. The van der Waals surface area contributed by atoms with Crippen LogP contribution < -0.4 is 9.64 Å². The van der Waals surface area contributed by atoms with Crippen LogP contribution in [0.2, 0.25) is 0 Å². The minimum absolute atomic E-state index is 0.311. The number of halogens is 1. The molecule has 0 aromatic carbocycles. The number of nitrogens with zero attached hydrogens (tertiary/aromatic N) is 7. The summed E-state index contributed by atoms with van der Waals surface area (Å²) in [4.78, 5) is 10.9. The topological polar surface area (TPSA) is 81.3 Å². The largest absolute Gasteiger partial charge is 0.480 e. The first kappa shape index (κ1) is 15.3. The molecule has 0 saturated carbocycles. The van der Waals surface area contributed by atoms with Crippen molar-refractivity contribution in [2.75, 3.05) is 25.1 Å². The summed E-state index contributed by atoms with van der Waals surface area (Å²) < 4.78 is 7.87. The van der Waals surface area contributed by atoms with Crippen LogP contribution in [0, 0.1) is 0 Å². The summed E-state index contributed by atoms with van der Waals surface area (Å²) in [6, 6.07) is 3.66. The Morgan fingerprint density at radius 2 is 1.88 bits per heavy atom. The highest BCUT2D eigenvalue weighted by atomic mass is 79.9. The monoisotopic (exact) mass is 389 g/mol. The summed E-state index contributed by atoms with van der Waals surface area (Å²) in [6.45, 7) is 1.76. The van der Waals surface area contributed by atoms with Crippen molar-refractivity contribution in [3.8, 4) is 5.88 Å². The maximum Gasteiger partial charge on any atom is 0.231 e. The van der Waals surface area contributed by atoms with Crippen LogP contribution in [0.1, 0.15) is 24.6 Å². The first-order valence-electron chi connectivity index (χ1n) is 7.73. The maximum atomic E-state index is 5.20. The van der Waals surface area contributed by atoms with Crippen molar-refractivity contribution in [1.82, 2.24) is 29.8 Å². The standard InChI is InChI=1S/C15H16BrN7O/c1-24-13-3-2-12-19-20-14(23(12)21-13)10-4-6-22(7-5-10)15-17-8-11(16)9-18-15/h2-3,8-10H,4-7H2,1H3. The molecule has 0 atom stereocenters. The molecule has 1 fully saturated rings. The van der Waals surface area contributed by atoms with Gasteiger partial charge in [0.05, 0.1) is 11.6 Å². The summed E-state index contributed by atoms with van der Waals surface area (Å²) in [5, 5.41) is 13.0. The Hall–Kier alpha value is -2.29. The van der Waals surface area contributed by atoms with E-state index in [2.05, 4.69) is 46.1 Å². The van der Waals surface area contributed by atoms with Gasteiger partial charge in [-0.25, -0.2) is 9.97 Å². The lowest BCUT2D eigenvalue weighted by Crippen LogP contribution is -2.34. The number of piperidine rings is 1. The third-order valence-corrected chi connectivity index (χ3v) is 4.63. The smallest absolute Gasteiger partial charge is 0.231 e. The van der Waals surface area contributed by atoms with Crippen LogP contribution in [0.25, 0.3) is 5.65 Å². The summed E-state index contributed by atoms with van der Waals surface area (Å²) in [5.41, 5.74) is 0.740. The van der Waals surface area contributed by atoms with Gasteiger partial charge in [0.1, 0.15) is 0 Å². The number of ether oxygens (including phenoxy) is 1. The van der Waals surface area contributed by atoms with Crippen LogP contribution in [0.4, 0.5) is 5.95 Å². The Labute approximate surface area is 147 Å². The minimum Gasteiger partial charge on any atom is -0.480 e. The highest BCUT2D eigenvalue weighted by molar-refractivity contribution is 9.10. The molecule has 24 heavy (non-hydrogen) atoms. The minimum atomic E-state index is 0.311. The molecule has 9 heteroatoms. The molecule has 1 aliphatic rings.